The summed E-state index contributed by atoms with van der Waals surface area (Å²) in [7, 11) is 0. The molecule has 0 atom stereocenters. The van der Waals surface area contributed by atoms with Crippen LogP contribution in [0, 0.1) is 5.82 Å². The van der Waals surface area contributed by atoms with Crippen LogP contribution in [-0.2, 0) is 20.9 Å². The summed E-state index contributed by atoms with van der Waals surface area (Å²) in [6.45, 7) is 1.30. The van der Waals surface area contributed by atoms with E-state index in [-0.39, 0.29) is 18.2 Å². The number of hydrogen-bond acceptors (Lipinski definition) is 6. The van der Waals surface area contributed by atoms with Crippen LogP contribution in [0.4, 0.5) is 15.2 Å². The maximum Gasteiger partial charge on any atom is 0.331 e. The second kappa shape index (κ2) is 8.70. The molecule has 3 rings (SSSR count). The number of thiophene rings is 1. The van der Waals surface area contributed by atoms with Gasteiger partial charge in [-0.25, -0.2) is 14.2 Å². The fourth-order valence-electron chi connectivity index (χ4n) is 2.24. The highest BCUT2D eigenvalue weighted by molar-refractivity contribution is 7.14. The third-order valence-electron chi connectivity index (χ3n) is 3.43. The van der Waals surface area contributed by atoms with Crippen molar-refractivity contribution in [2.75, 3.05) is 4.90 Å². The molecule has 0 unspecified atom stereocenters. The maximum atomic E-state index is 14.1. The van der Waals surface area contributed by atoms with E-state index in [1.807, 2.05) is 17.5 Å². The van der Waals surface area contributed by atoms with Crippen LogP contribution in [-0.4, -0.2) is 16.9 Å². The summed E-state index contributed by atoms with van der Waals surface area (Å²) >= 11 is 2.69. The van der Waals surface area contributed by atoms with Gasteiger partial charge in [0, 0.05) is 23.3 Å². The SMILES string of the molecule is CC(=O)N(c1nc(COC(=O)/C=C/c2cccs2)cs1)c1ccccc1F. The van der Waals surface area contributed by atoms with Crippen molar-refractivity contribution < 1.29 is 18.7 Å². The van der Waals surface area contributed by atoms with Crippen molar-refractivity contribution in [1.82, 2.24) is 4.98 Å². The summed E-state index contributed by atoms with van der Waals surface area (Å²) in [5, 5.41) is 3.90. The van der Waals surface area contributed by atoms with Crippen molar-refractivity contribution in [2.24, 2.45) is 0 Å². The Labute approximate surface area is 163 Å². The predicted molar refractivity (Wildman–Crippen MR) is 104 cm³/mol. The number of benzene rings is 1. The van der Waals surface area contributed by atoms with Gasteiger partial charge in [0.1, 0.15) is 12.4 Å². The minimum absolute atomic E-state index is 0.0346. The molecule has 0 radical (unpaired) electrons. The van der Waals surface area contributed by atoms with Gasteiger partial charge in [0.05, 0.1) is 11.4 Å². The van der Waals surface area contributed by atoms with Crippen molar-refractivity contribution in [3.05, 3.63) is 69.6 Å². The van der Waals surface area contributed by atoms with Gasteiger partial charge in [0.25, 0.3) is 0 Å². The molecule has 27 heavy (non-hydrogen) atoms. The molecule has 0 aliphatic rings. The molecule has 0 fully saturated rings. The van der Waals surface area contributed by atoms with Crippen molar-refractivity contribution in [3.8, 4) is 0 Å². The lowest BCUT2D eigenvalue weighted by Crippen LogP contribution is -2.23. The highest BCUT2D eigenvalue weighted by atomic mass is 32.1. The third-order valence-corrected chi connectivity index (χ3v) is 5.14. The lowest BCUT2D eigenvalue weighted by Gasteiger charge is -2.18. The number of rotatable bonds is 6. The van der Waals surface area contributed by atoms with Gasteiger partial charge < -0.3 is 4.74 Å². The van der Waals surface area contributed by atoms with Gasteiger partial charge in [0.15, 0.2) is 5.13 Å². The van der Waals surface area contributed by atoms with Crippen LogP contribution in [0.15, 0.2) is 53.2 Å². The van der Waals surface area contributed by atoms with Crippen LogP contribution in [0.3, 0.4) is 0 Å². The minimum Gasteiger partial charge on any atom is -0.456 e. The summed E-state index contributed by atoms with van der Waals surface area (Å²) in [4.78, 5) is 30.2. The summed E-state index contributed by atoms with van der Waals surface area (Å²) < 4.78 is 19.2. The van der Waals surface area contributed by atoms with Crippen LogP contribution in [0.5, 0.6) is 0 Å². The number of esters is 1. The molecular weight excluding hydrogens is 387 g/mol. The Morgan fingerprint density at radius 2 is 2.04 bits per heavy atom. The van der Waals surface area contributed by atoms with E-state index >= 15 is 0 Å². The summed E-state index contributed by atoms with van der Waals surface area (Å²) in [5.41, 5.74) is 0.609. The molecule has 3 aromatic rings. The van der Waals surface area contributed by atoms with E-state index in [0.29, 0.717) is 10.8 Å². The van der Waals surface area contributed by atoms with Crippen LogP contribution in [0.2, 0.25) is 0 Å². The molecule has 0 bridgehead atoms. The third kappa shape index (κ3) is 4.87. The molecule has 1 aromatic carbocycles. The lowest BCUT2D eigenvalue weighted by atomic mass is 10.3. The number of thiazole rings is 1. The topological polar surface area (TPSA) is 59.5 Å². The van der Waals surface area contributed by atoms with E-state index in [2.05, 4.69) is 4.98 Å². The molecule has 0 saturated heterocycles. The van der Waals surface area contributed by atoms with Crippen LogP contribution < -0.4 is 4.90 Å². The normalized spacial score (nSPS) is 10.9. The zero-order chi connectivity index (χ0) is 19.2. The molecule has 1 amide bonds. The van der Waals surface area contributed by atoms with Gasteiger partial charge >= 0.3 is 5.97 Å². The van der Waals surface area contributed by atoms with Crippen LogP contribution in [0.25, 0.3) is 6.08 Å². The molecule has 2 aromatic heterocycles. The first-order valence-electron chi connectivity index (χ1n) is 7.92. The molecular formula is C19H15FN2O3S2. The average Bonchev–Trinajstić information content (AvgIpc) is 3.32. The molecule has 0 N–H and O–H groups in total. The van der Waals surface area contributed by atoms with Gasteiger partial charge in [-0.3, -0.25) is 9.69 Å². The number of halogens is 1. The summed E-state index contributed by atoms with van der Waals surface area (Å²) in [6.07, 6.45) is 3.02. The minimum atomic E-state index is -0.519. The fourth-order valence-corrected chi connectivity index (χ4v) is 3.72. The van der Waals surface area contributed by atoms with Crippen molar-refractivity contribution >= 4 is 51.4 Å². The molecule has 138 valence electrons. The first-order valence-corrected chi connectivity index (χ1v) is 9.68. The average molecular weight is 402 g/mol. The second-order valence-corrected chi connectivity index (χ2v) is 7.20. The molecule has 0 aliphatic carbocycles. The van der Waals surface area contributed by atoms with Crippen molar-refractivity contribution in [2.45, 2.75) is 13.5 Å². The largest absolute Gasteiger partial charge is 0.456 e. The monoisotopic (exact) mass is 402 g/mol. The van der Waals surface area contributed by atoms with Crippen LogP contribution >= 0.6 is 22.7 Å². The number of ether oxygens (including phenoxy) is 1. The van der Waals surface area contributed by atoms with E-state index < -0.39 is 11.8 Å². The molecule has 0 aliphatic heterocycles. The standard InChI is InChI=1S/C19H15FN2O3S2/c1-13(23)22(17-7-3-2-6-16(17)20)19-21-14(12-27-19)11-25-18(24)9-8-15-5-4-10-26-15/h2-10,12H,11H2,1H3/b9-8+. The molecule has 0 spiro atoms. The number of carbonyl (C=O) groups excluding carboxylic acids is 2. The quantitative estimate of drug-likeness (QED) is 0.440. The number of carbonyl (C=O) groups is 2. The van der Waals surface area contributed by atoms with Gasteiger partial charge in [-0.1, -0.05) is 18.2 Å². The maximum absolute atomic E-state index is 14.1. The highest BCUT2D eigenvalue weighted by Crippen LogP contribution is 2.30. The Morgan fingerprint density at radius 3 is 2.74 bits per heavy atom. The zero-order valence-corrected chi connectivity index (χ0v) is 15.9. The van der Waals surface area contributed by atoms with E-state index in [1.54, 1.807) is 23.6 Å². The first-order chi connectivity index (χ1) is 13.0. The molecule has 5 nitrogen and oxygen atoms in total. The van der Waals surface area contributed by atoms with Crippen molar-refractivity contribution in [1.29, 1.82) is 0 Å². The Kier molecular flexibility index (Phi) is 6.10. The Bertz CT molecular complexity index is 967. The predicted octanol–water partition coefficient (Wildman–Crippen LogP) is 4.78. The zero-order valence-electron chi connectivity index (χ0n) is 14.3. The van der Waals surface area contributed by atoms with E-state index in [4.69, 9.17) is 4.74 Å². The molecule has 2 heterocycles. The fraction of sp³-hybridized carbons (Fsp3) is 0.105. The van der Waals surface area contributed by atoms with Gasteiger partial charge in [-0.15, -0.1) is 22.7 Å². The number of aromatic nitrogens is 1. The summed E-state index contributed by atoms with van der Waals surface area (Å²) in [6, 6.07) is 9.76. The lowest BCUT2D eigenvalue weighted by molar-refractivity contribution is -0.139. The highest BCUT2D eigenvalue weighted by Gasteiger charge is 2.21. The summed E-state index contributed by atoms with van der Waals surface area (Å²) in [5.74, 6) is -1.37. The van der Waals surface area contributed by atoms with E-state index in [1.165, 1.54) is 52.7 Å². The number of anilines is 2. The number of hydrogen-bond donors (Lipinski definition) is 0. The van der Waals surface area contributed by atoms with Crippen molar-refractivity contribution in [3.63, 3.8) is 0 Å². The van der Waals surface area contributed by atoms with Gasteiger partial charge in [0.2, 0.25) is 5.91 Å². The molecule has 8 heteroatoms. The Balaban J connectivity index is 1.67. The van der Waals surface area contributed by atoms with E-state index in [0.717, 1.165) is 4.88 Å². The van der Waals surface area contributed by atoms with Crippen LogP contribution in [0.1, 0.15) is 17.5 Å². The van der Waals surface area contributed by atoms with Gasteiger partial charge in [-0.2, -0.15) is 0 Å². The van der Waals surface area contributed by atoms with Gasteiger partial charge in [-0.05, 0) is 29.7 Å². The first kappa shape index (κ1) is 18.9. The Morgan fingerprint density at radius 1 is 1.22 bits per heavy atom. The van der Waals surface area contributed by atoms with E-state index in [9.17, 15) is 14.0 Å². The number of para-hydroxylation sites is 1. The molecule has 0 saturated carbocycles. The smallest absolute Gasteiger partial charge is 0.331 e. The number of amides is 1. The Hall–Kier alpha value is -2.84. The second-order valence-electron chi connectivity index (χ2n) is 5.38. The number of nitrogens with zero attached hydrogens (tertiary/aromatic N) is 2.